The highest BCUT2D eigenvalue weighted by Gasteiger charge is 2.29. The Bertz CT molecular complexity index is 589. The zero-order valence-corrected chi connectivity index (χ0v) is 11.6. The molecule has 1 N–H and O–H groups in total. The molecule has 1 aliphatic heterocycles. The number of rotatable bonds is 3. The number of hydrogen-bond acceptors (Lipinski definition) is 3. The predicted molar refractivity (Wildman–Crippen MR) is 74.3 cm³/mol. The first-order valence-corrected chi connectivity index (χ1v) is 6.65. The van der Waals surface area contributed by atoms with Gasteiger partial charge in [-0.3, -0.25) is 4.68 Å². The van der Waals surface area contributed by atoms with Crippen LogP contribution < -0.4 is 10.1 Å². The summed E-state index contributed by atoms with van der Waals surface area (Å²) in [5.74, 6) is 0.850. The fraction of sp³-hybridized carbons (Fsp3) is 0.400. The predicted octanol–water partition coefficient (Wildman–Crippen LogP) is 2.67. The molecule has 0 spiro atoms. The first-order chi connectivity index (χ1) is 9.22. The number of nitrogens with zero attached hydrogens (tertiary/aromatic N) is 2. The fourth-order valence-electron chi connectivity index (χ4n) is 2.74. The molecule has 0 amide bonds. The maximum Gasteiger partial charge on any atom is 0.161 e. The van der Waals surface area contributed by atoms with Crippen LogP contribution in [0.2, 0.25) is 0 Å². The van der Waals surface area contributed by atoms with Crippen LogP contribution >= 0.6 is 0 Å². The number of aromatic nitrogens is 2. The van der Waals surface area contributed by atoms with Crippen molar-refractivity contribution in [3.05, 3.63) is 47.3 Å². The van der Waals surface area contributed by atoms with E-state index < -0.39 is 0 Å². The Hall–Kier alpha value is -1.81. The van der Waals surface area contributed by atoms with Crippen LogP contribution in [-0.2, 0) is 6.54 Å². The van der Waals surface area contributed by atoms with Crippen molar-refractivity contribution < 1.29 is 4.74 Å². The summed E-state index contributed by atoms with van der Waals surface area (Å²) in [6.45, 7) is 5.17. The van der Waals surface area contributed by atoms with Gasteiger partial charge in [0.2, 0.25) is 0 Å². The number of hydrogen-bond donors (Lipinski definition) is 1. The first kappa shape index (κ1) is 12.2. The Balaban J connectivity index is 2.11. The molecule has 2 aromatic rings. The second kappa shape index (κ2) is 4.70. The maximum absolute atomic E-state index is 5.48. The largest absolute Gasteiger partial charge is 0.493 e. The Kier molecular flexibility index (Phi) is 3.03. The Morgan fingerprint density at radius 2 is 2.16 bits per heavy atom. The lowest BCUT2D eigenvalue weighted by atomic mass is 10.0. The van der Waals surface area contributed by atoms with Crippen molar-refractivity contribution in [2.24, 2.45) is 0 Å². The van der Waals surface area contributed by atoms with Crippen LogP contribution in [0.3, 0.4) is 0 Å². The van der Waals surface area contributed by atoms with E-state index in [1.54, 1.807) is 13.3 Å². The molecular weight excluding hydrogens is 238 g/mol. The zero-order valence-electron chi connectivity index (χ0n) is 11.6. The van der Waals surface area contributed by atoms with Crippen LogP contribution in [0.15, 0.2) is 30.5 Å². The van der Waals surface area contributed by atoms with E-state index in [9.17, 15) is 0 Å². The normalized spacial score (nSPS) is 17.8. The van der Waals surface area contributed by atoms with Crippen LogP contribution in [0.1, 0.15) is 42.8 Å². The summed E-state index contributed by atoms with van der Waals surface area (Å²) >= 11 is 0. The van der Waals surface area contributed by atoms with E-state index in [0.29, 0.717) is 6.04 Å². The van der Waals surface area contributed by atoms with Crippen LogP contribution in [0.4, 0.5) is 0 Å². The fourth-order valence-corrected chi connectivity index (χ4v) is 2.74. The highest BCUT2D eigenvalue weighted by Crippen LogP contribution is 2.36. The SMILES string of the molecule is COc1cnn(C(C)C)c1C1NCc2ccccc21. The van der Waals surface area contributed by atoms with Gasteiger partial charge in [0.25, 0.3) is 0 Å². The van der Waals surface area contributed by atoms with Gasteiger partial charge >= 0.3 is 0 Å². The van der Waals surface area contributed by atoms with Crippen LogP contribution in [-0.4, -0.2) is 16.9 Å². The van der Waals surface area contributed by atoms with Crippen LogP contribution in [0.5, 0.6) is 5.75 Å². The molecule has 0 saturated carbocycles. The summed E-state index contributed by atoms with van der Waals surface area (Å²) in [5, 5.41) is 8.01. The molecule has 2 heterocycles. The van der Waals surface area contributed by atoms with Crippen molar-refractivity contribution in [3.63, 3.8) is 0 Å². The van der Waals surface area contributed by atoms with Gasteiger partial charge in [-0.1, -0.05) is 24.3 Å². The molecule has 0 radical (unpaired) electrons. The minimum atomic E-state index is 0.163. The molecule has 0 fully saturated rings. The molecule has 4 nitrogen and oxygen atoms in total. The molecule has 0 aliphatic carbocycles. The summed E-state index contributed by atoms with van der Waals surface area (Å²) in [5.41, 5.74) is 3.79. The second-order valence-electron chi connectivity index (χ2n) is 5.15. The molecule has 4 heteroatoms. The topological polar surface area (TPSA) is 39.1 Å². The molecule has 100 valence electrons. The van der Waals surface area contributed by atoms with Gasteiger partial charge in [-0.2, -0.15) is 5.10 Å². The Labute approximate surface area is 113 Å². The monoisotopic (exact) mass is 257 g/mol. The van der Waals surface area contributed by atoms with Crippen molar-refractivity contribution in [1.29, 1.82) is 0 Å². The number of fused-ring (bicyclic) bond motifs is 1. The highest BCUT2D eigenvalue weighted by atomic mass is 16.5. The van der Waals surface area contributed by atoms with Crippen molar-refractivity contribution in [3.8, 4) is 5.75 Å². The minimum Gasteiger partial charge on any atom is -0.493 e. The van der Waals surface area contributed by atoms with E-state index in [2.05, 4.69) is 48.5 Å². The molecule has 1 atom stereocenters. The van der Waals surface area contributed by atoms with E-state index >= 15 is 0 Å². The van der Waals surface area contributed by atoms with Crippen molar-refractivity contribution in [1.82, 2.24) is 15.1 Å². The van der Waals surface area contributed by atoms with E-state index in [-0.39, 0.29) is 6.04 Å². The van der Waals surface area contributed by atoms with Gasteiger partial charge < -0.3 is 10.1 Å². The van der Waals surface area contributed by atoms with Gasteiger partial charge in [0.05, 0.1) is 19.3 Å². The molecule has 1 aromatic carbocycles. The van der Waals surface area contributed by atoms with E-state index in [1.807, 2.05) is 4.68 Å². The zero-order chi connectivity index (χ0) is 13.4. The maximum atomic E-state index is 5.48. The first-order valence-electron chi connectivity index (χ1n) is 6.65. The van der Waals surface area contributed by atoms with Crippen molar-refractivity contribution in [2.75, 3.05) is 7.11 Å². The van der Waals surface area contributed by atoms with Gasteiger partial charge in [0, 0.05) is 12.6 Å². The number of ether oxygens (including phenoxy) is 1. The van der Waals surface area contributed by atoms with Crippen LogP contribution in [0.25, 0.3) is 0 Å². The highest BCUT2D eigenvalue weighted by molar-refractivity contribution is 5.43. The lowest BCUT2D eigenvalue weighted by Gasteiger charge is -2.18. The quantitative estimate of drug-likeness (QED) is 0.918. The van der Waals surface area contributed by atoms with E-state index in [1.165, 1.54) is 11.1 Å². The Morgan fingerprint density at radius 3 is 2.89 bits per heavy atom. The second-order valence-corrected chi connectivity index (χ2v) is 5.15. The molecule has 1 aromatic heterocycles. The average Bonchev–Trinajstić information content (AvgIpc) is 3.01. The lowest BCUT2D eigenvalue weighted by molar-refractivity contribution is 0.396. The third-order valence-corrected chi connectivity index (χ3v) is 3.64. The summed E-state index contributed by atoms with van der Waals surface area (Å²) < 4.78 is 7.52. The van der Waals surface area contributed by atoms with E-state index in [0.717, 1.165) is 18.0 Å². The van der Waals surface area contributed by atoms with E-state index in [4.69, 9.17) is 4.74 Å². The van der Waals surface area contributed by atoms with Gasteiger partial charge in [-0.15, -0.1) is 0 Å². The summed E-state index contributed by atoms with van der Waals surface area (Å²) in [6, 6.07) is 8.99. The third-order valence-electron chi connectivity index (χ3n) is 3.64. The molecule has 0 bridgehead atoms. The molecule has 1 aliphatic rings. The standard InChI is InChI=1S/C15H19N3O/c1-10(2)18-15(13(19-3)9-17-18)14-12-7-5-4-6-11(12)8-16-14/h4-7,9-10,14,16H,8H2,1-3H3. The minimum absolute atomic E-state index is 0.163. The average molecular weight is 257 g/mol. The van der Waals surface area contributed by atoms with Crippen LogP contribution in [0, 0.1) is 0 Å². The molecule has 19 heavy (non-hydrogen) atoms. The molecule has 1 unspecified atom stereocenters. The van der Waals surface area contributed by atoms with Crippen molar-refractivity contribution >= 4 is 0 Å². The van der Waals surface area contributed by atoms with Gasteiger partial charge in [0.15, 0.2) is 5.75 Å². The summed E-state index contributed by atoms with van der Waals surface area (Å²) in [7, 11) is 1.70. The summed E-state index contributed by atoms with van der Waals surface area (Å²) in [4.78, 5) is 0. The van der Waals surface area contributed by atoms with Gasteiger partial charge in [-0.05, 0) is 25.0 Å². The lowest BCUT2D eigenvalue weighted by Crippen LogP contribution is -2.20. The number of nitrogens with one attached hydrogen (secondary N) is 1. The number of benzene rings is 1. The van der Waals surface area contributed by atoms with Crippen molar-refractivity contribution in [2.45, 2.75) is 32.5 Å². The number of methoxy groups -OCH3 is 1. The molecule has 0 saturated heterocycles. The smallest absolute Gasteiger partial charge is 0.161 e. The molecule has 3 rings (SSSR count). The van der Waals surface area contributed by atoms with Gasteiger partial charge in [-0.25, -0.2) is 0 Å². The third kappa shape index (κ3) is 1.92. The van der Waals surface area contributed by atoms with Gasteiger partial charge in [0.1, 0.15) is 5.69 Å². The summed E-state index contributed by atoms with van der Waals surface area (Å²) in [6.07, 6.45) is 1.80. The Morgan fingerprint density at radius 1 is 1.37 bits per heavy atom. The molecular formula is C15H19N3O.